The average Bonchev–Trinajstić information content (AvgIpc) is 3.19. The zero-order valence-electron chi connectivity index (χ0n) is 17.8. The molecule has 1 nitrogen and oxygen atoms in total. The van der Waals surface area contributed by atoms with Crippen LogP contribution in [0, 0.1) is 28.6 Å². The Kier molecular flexibility index (Phi) is 5.29. The molecule has 1 heterocycles. The summed E-state index contributed by atoms with van der Waals surface area (Å²) in [6, 6.07) is 4.13. The van der Waals surface area contributed by atoms with Gasteiger partial charge in [0.05, 0.1) is 0 Å². The maximum atomic E-state index is 13.4. The van der Waals surface area contributed by atoms with Crippen LogP contribution in [0.5, 0.6) is 0 Å². The molecule has 28 heavy (non-hydrogen) atoms. The first-order valence-corrected chi connectivity index (χ1v) is 11.9. The second-order valence-corrected chi connectivity index (χ2v) is 10.9. The number of carbonyl (C=O) groups is 1. The molecule has 0 aromatic carbocycles. The Morgan fingerprint density at radius 2 is 2.11 bits per heavy atom. The predicted octanol–water partition coefficient (Wildman–Crippen LogP) is 7.47. The van der Waals surface area contributed by atoms with E-state index in [0.29, 0.717) is 23.5 Å². The summed E-state index contributed by atoms with van der Waals surface area (Å²) in [7, 11) is 0. The topological polar surface area (TPSA) is 17.1 Å². The molecule has 150 valence electrons. The lowest BCUT2D eigenvalue weighted by atomic mass is 9.46. The maximum Gasteiger partial charge on any atom is 0.161 e. The molecule has 1 aromatic rings. The third kappa shape index (κ3) is 3.28. The van der Waals surface area contributed by atoms with E-state index in [0.717, 1.165) is 12.8 Å². The van der Waals surface area contributed by atoms with Crippen molar-refractivity contribution in [2.75, 3.05) is 0 Å². The van der Waals surface area contributed by atoms with Gasteiger partial charge in [0.1, 0.15) is 0 Å². The van der Waals surface area contributed by atoms with Crippen molar-refractivity contribution in [1.29, 1.82) is 0 Å². The van der Waals surface area contributed by atoms with Crippen LogP contribution < -0.4 is 0 Å². The van der Waals surface area contributed by atoms with E-state index < -0.39 is 0 Å². The van der Waals surface area contributed by atoms with Crippen molar-refractivity contribution < 1.29 is 4.79 Å². The highest BCUT2D eigenvalue weighted by atomic mass is 32.1. The van der Waals surface area contributed by atoms with Crippen LogP contribution in [-0.4, -0.2) is 5.78 Å². The number of carbonyl (C=O) groups excluding carboxylic acids is 1. The quantitative estimate of drug-likeness (QED) is 0.484. The normalized spacial score (nSPS) is 35.3. The summed E-state index contributed by atoms with van der Waals surface area (Å²) in [4.78, 5) is 14.6. The van der Waals surface area contributed by atoms with Crippen LogP contribution in [0.25, 0.3) is 6.08 Å². The van der Waals surface area contributed by atoms with Gasteiger partial charge in [-0.15, -0.1) is 11.3 Å². The summed E-state index contributed by atoms with van der Waals surface area (Å²) >= 11 is 1.69. The minimum absolute atomic E-state index is 0.231. The molecule has 4 atom stereocenters. The van der Waals surface area contributed by atoms with E-state index in [9.17, 15) is 4.79 Å². The molecule has 0 unspecified atom stereocenters. The van der Waals surface area contributed by atoms with Gasteiger partial charge >= 0.3 is 0 Å². The van der Waals surface area contributed by atoms with E-state index in [1.54, 1.807) is 22.5 Å². The molecular formula is C26H34OS. The fraction of sp³-hybridized carbons (Fsp3) is 0.577. The van der Waals surface area contributed by atoms with Gasteiger partial charge in [-0.05, 0) is 84.4 Å². The Labute approximate surface area is 174 Å². The molecule has 0 aliphatic heterocycles. The van der Waals surface area contributed by atoms with Crippen molar-refractivity contribution in [2.24, 2.45) is 28.6 Å². The van der Waals surface area contributed by atoms with Gasteiger partial charge in [-0.2, -0.15) is 0 Å². The van der Waals surface area contributed by atoms with Crippen molar-refractivity contribution in [3.05, 3.63) is 51.8 Å². The van der Waals surface area contributed by atoms with Crippen LogP contribution in [-0.2, 0) is 4.79 Å². The van der Waals surface area contributed by atoms with Gasteiger partial charge in [0.25, 0.3) is 0 Å². The second-order valence-electron chi connectivity index (χ2n) is 9.95. The van der Waals surface area contributed by atoms with Crippen molar-refractivity contribution in [3.63, 3.8) is 0 Å². The lowest BCUT2D eigenvalue weighted by Gasteiger charge is -2.57. The zero-order chi connectivity index (χ0) is 19.9. The van der Waals surface area contributed by atoms with Gasteiger partial charge in [0.2, 0.25) is 0 Å². The van der Waals surface area contributed by atoms with Crippen LogP contribution >= 0.6 is 11.3 Å². The molecule has 1 fully saturated rings. The SMILES string of the molecule is CC(C)C1=CC2=CC[C@@H]3[C@](C)(CCC[C@@]3(C)C(=O)/C=C/c3cccs3)[C@H]2CC1. The summed E-state index contributed by atoms with van der Waals surface area (Å²) in [5.74, 6) is 2.07. The molecule has 0 amide bonds. The number of allylic oxidation sites excluding steroid dienone is 5. The Morgan fingerprint density at radius 3 is 2.82 bits per heavy atom. The van der Waals surface area contributed by atoms with E-state index in [-0.39, 0.29) is 10.8 Å². The Morgan fingerprint density at radius 1 is 1.29 bits per heavy atom. The fourth-order valence-electron chi connectivity index (χ4n) is 6.37. The summed E-state index contributed by atoms with van der Waals surface area (Å²) in [6.07, 6.45) is 15.9. The summed E-state index contributed by atoms with van der Waals surface area (Å²) in [5.41, 5.74) is 3.20. The van der Waals surface area contributed by atoms with Crippen molar-refractivity contribution in [3.8, 4) is 0 Å². The van der Waals surface area contributed by atoms with Crippen LogP contribution in [0.2, 0.25) is 0 Å². The number of rotatable bonds is 4. The van der Waals surface area contributed by atoms with E-state index in [4.69, 9.17) is 0 Å². The van der Waals surface area contributed by atoms with Gasteiger partial charge < -0.3 is 0 Å². The minimum Gasteiger partial charge on any atom is -0.294 e. The minimum atomic E-state index is -0.231. The van der Waals surface area contributed by atoms with Crippen LogP contribution in [0.15, 0.2) is 46.9 Å². The molecule has 0 saturated heterocycles. The molecule has 3 aliphatic rings. The van der Waals surface area contributed by atoms with Gasteiger partial charge in [0, 0.05) is 10.3 Å². The highest BCUT2D eigenvalue weighted by Crippen LogP contribution is 2.62. The maximum absolute atomic E-state index is 13.4. The molecule has 2 heteroatoms. The summed E-state index contributed by atoms with van der Waals surface area (Å²) < 4.78 is 0. The first kappa shape index (κ1) is 19.9. The average molecular weight is 395 g/mol. The van der Waals surface area contributed by atoms with Gasteiger partial charge in [0.15, 0.2) is 5.78 Å². The Bertz CT molecular complexity index is 825. The first-order valence-electron chi connectivity index (χ1n) is 11.0. The number of ketones is 1. The van der Waals surface area contributed by atoms with Crippen molar-refractivity contribution in [1.82, 2.24) is 0 Å². The lowest BCUT2D eigenvalue weighted by Crippen LogP contribution is -2.52. The molecule has 1 saturated carbocycles. The number of hydrogen-bond donors (Lipinski definition) is 0. The van der Waals surface area contributed by atoms with Crippen LogP contribution in [0.3, 0.4) is 0 Å². The fourth-order valence-corrected chi connectivity index (χ4v) is 6.99. The highest BCUT2D eigenvalue weighted by Gasteiger charge is 2.56. The molecule has 3 aliphatic carbocycles. The number of hydrogen-bond acceptors (Lipinski definition) is 2. The smallest absolute Gasteiger partial charge is 0.161 e. The van der Waals surface area contributed by atoms with Crippen molar-refractivity contribution in [2.45, 2.75) is 66.2 Å². The van der Waals surface area contributed by atoms with E-state index in [1.165, 1.54) is 30.6 Å². The van der Waals surface area contributed by atoms with Crippen LogP contribution in [0.4, 0.5) is 0 Å². The third-order valence-corrected chi connectivity index (χ3v) is 8.92. The Hall–Kier alpha value is -1.41. The van der Waals surface area contributed by atoms with E-state index >= 15 is 0 Å². The molecule has 1 aromatic heterocycles. The molecule has 0 bridgehead atoms. The second kappa shape index (κ2) is 7.44. The summed E-state index contributed by atoms with van der Waals surface area (Å²) in [5, 5.41) is 2.07. The van der Waals surface area contributed by atoms with E-state index in [2.05, 4.69) is 51.3 Å². The van der Waals surface area contributed by atoms with Gasteiger partial charge in [-0.1, -0.05) is 57.9 Å². The molecule has 0 N–H and O–H groups in total. The van der Waals surface area contributed by atoms with Gasteiger partial charge in [-0.3, -0.25) is 4.79 Å². The number of thiophene rings is 1. The summed E-state index contributed by atoms with van der Waals surface area (Å²) in [6.45, 7) is 9.39. The monoisotopic (exact) mass is 394 g/mol. The largest absolute Gasteiger partial charge is 0.294 e. The first-order chi connectivity index (χ1) is 13.3. The lowest BCUT2D eigenvalue weighted by molar-refractivity contribution is -0.136. The predicted molar refractivity (Wildman–Crippen MR) is 120 cm³/mol. The molecular weight excluding hydrogens is 360 g/mol. The molecule has 0 radical (unpaired) electrons. The highest BCUT2D eigenvalue weighted by molar-refractivity contribution is 7.10. The zero-order valence-corrected chi connectivity index (χ0v) is 18.6. The standard InChI is InChI=1S/C26H34OS/c1-18(2)19-8-11-22-20(17-19)9-12-23-25(22,3)14-6-15-26(23,4)24(27)13-10-21-7-5-16-28-21/h5,7,9-10,13,16-18,22-23H,6,8,11-12,14-15H2,1-4H3/b13-10+/t22-,23+,25+,26+/m0/s1. The van der Waals surface area contributed by atoms with Crippen molar-refractivity contribution >= 4 is 23.2 Å². The van der Waals surface area contributed by atoms with Crippen LogP contribution in [0.1, 0.15) is 71.1 Å². The third-order valence-electron chi connectivity index (χ3n) is 8.08. The van der Waals surface area contributed by atoms with Gasteiger partial charge in [-0.25, -0.2) is 0 Å². The van der Waals surface area contributed by atoms with E-state index in [1.807, 2.05) is 18.2 Å². The molecule has 4 rings (SSSR count). The molecule has 0 spiro atoms. The number of fused-ring (bicyclic) bond motifs is 3. The Balaban J connectivity index is 1.64.